The quantitative estimate of drug-likeness (QED) is 0.440. The average Bonchev–Trinajstić information content (AvgIpc) is 1.59. The molecule has 0 saturated heterocycles. The van der Waals surface area contributed by atoms with Gasteiger partial charge in [-0.15, -0.1) is 0 Å². The van der Waals surface area contributed by atoms with Gasteiger partial charge < -0.3 is 11.5 Å². The summed E-state index contributed by atoms with van der Waals surface area (Å²) < 4.78 is 1.57. The predicted molar refractivity (Wildman–Crippen MR) is 34.2 cm³/mol. The number of rotatable bonds is 0. The summed E-state index contributed by atoms with van der Waals surface area (Å²) in [6, 6.07) is 1.61. The fourth-order valence-electron chi connectivity index (χ4n) is 0.664. The van der Waals surface area contributed by atoms with E-state index in [9.17, 15) is 0 Å². The summed E-state index contributed by atoms with van der Waals surface area (Å²) in [5.74, 6) is 0.442. The minimum absolute atomic E-state index is 0.442. The molecule has 48 valence electrons. The highest BCUT2D eigenvalue weighted by Crippen LogP contribution is 1.98. The van der Waals surface area contributed by atoms with Crippen LogP contribution in [0.15, 0.2) is 12.3 Å². The summed E-state index contributed by atoms with van der Waals surface area (Å²) in [6.07, 6.45) is 1.69. The molecule has 0 aliphatic carbocycles. The predicted octanol–water partition coefficient (Wildman–Crippen LogP) is -0.929. The van der Waals surface area contributed by atoms with Gasteiger partial charge in [-0.05, 0) is 0 Å². The van der Waals surface area contributed by atoms with E-state index >= 15 is 0 Å². The van der Waals surface area contributed by atoms with Crippen LogP contribution in [0.5, 0.6) is 0 Å². The maximum Gasteiger partial charge on any atom is 0.218 e. The Balaban J connectivity index is 3.17. The zero-order valence-corrected chi connectivity index (χ0v) is 5.20. The summed E-state index contributed by atoms with van der Waals surface area (Å²) in [5.41, 5.74) is 11.4. The Bertz CT molecular complexity index is 170. The van der Waals surface area contributed by atoms with Gasteiger partial charge in [0.2, 0.25) is 6.20 Å². The van der Waals surface area contributed by atoms with Gasteiger partial charge >= 0.3 is 0 Å². The molecule has 0 spiro atoms. The number of nitrogens with two attached hydrogens (primary N) is 2. The van der Waals surface area contributed by atoms with E-state index in [-0.39, 0.29) is 0 Å². The summed E-state index contributed by atoms with van der Waals surface area (Å²) >= 11 is 0. The van der Waals surface area contributed by atoms with E-state index in [1.54, 1.807) is 24.0 Å². The molecule has 4 nitrogen and oxygen atoms in total. The van der Waals surface area contributed by atoms with Crippen LogP contribution in [-0.4, -0.2) is 5.10 Å². The zero-order valence-electron chi connectivity index (χ0n) is 5.20. The molecule has 1 aromatic heterocycles. The van der Waals surface area contributed by atoms with Crippen molar-refractivity contribution in [2.24, 2.45) is 7.05 Å². The van der Waals surface area contributed by atoms with Gasteiger partial charge in [0.15, 0.2) is 12.9 Å². The monoisotopic (exact) mass is 125 g/mol. The van der Waals surface area contributed by atoms with Crippen molar-refractivity contribution in [3.63, 3.8) is 0 Å². The van der Waals surface area contributed by atoms with Crippen LogP contribution in [-0.2, 0) is 7.05 Å². The van der Waals surface area contributed by atoms with Crippen molar-refractivity contribution in [2.75, 3.05) is 11.5 Å². The molecule has 0 aliphatic heterocycles. The molecule has 1 aromatic rings. The van der Waals surface area contributed by atoms with E-state index in [1.165, 1.54) is 0 Å². The molecule has 9 heavy (non-hydrogen) atoms. The molecule has 0 fully saturated rings. The first-order valence-corrected chi connectivity index (χ1v) is 2.57. The van der Waals surface area contributed by atoms with Gasteiger partial charge in [-0.2, -0.15) is 0 Å². The average molecular weight is 125 g/mol. The molecule has 0 aromatic carbocycles. The molecule has 4 heteroatoms. The van der Waals surface area contributed by atoms with Gasteiger partial charge in [0, 0.05) is 11.2 Å². The molecule has 0 saturated carbocycles. The number of hydrogen-bond acceptors (Lipinski definition) is 3. The molecule has 1 rings (SSSR count). The second kappa shape index (κ2) is 1.89. The Hall–Kier alpha value is -1.32. The topological polar surface area (TPSA) is 68.8 Å². The zero-order chi connectivity index (χ0) is 6.85. The van der Waals surface area contributed by atoms with Crippen molar-refractivity contribution >= 4 is 11.5 Å². The number of aryl methyl sites for hydroxylation is 1. The normalized spacial score (nSPS) is 9.44. The number of nitrogen functional groups attached to an aromatic ring is 2. The number of nitrogens with zero attached hydrogens (tertiary/aromatic N) is 2. The number of aromatic nitrogens is 2. The van der Waals surface area contributed by atoms with Crippen LogP contribution in [0, 0.1) is 0 Å². The molecule has 4 N–H and O–H groups in total. The minimum Gasteiger partial charge on any atom is -0.394 e. The summed E-state index contributed by atoms with van der Waals surface area (Å²) in [4.78, 5) is 0. The molecule has 0 amide bonds. The Morgan fingerprint density at radius 2 is 2.22 bits per heavy atom. The second-order valence-electron chi connectivity index (χ2n) is 1.87. The second-order valence-corrected chi connectivity index (χ2v) is 1.87. The maximum atomic E-state index is 5.42. The Morgan fingerprint density at radius 3 is 2.67 bits per heavy atom. The SMILES string of the molecule is C[n+]1cc(N)cc(N)n1. The van der Waals surface area contributed by atoms with Crippen molar-refractivity contribution in [1.29, 1.82) is 0 Å². The lowest BCUT2D eigenvalue weighted by Crippen LogP contribution is -2.33. The third-order valence-corrected chi connectivity index (χ3v) is 0.924. The Morgan fingerprint density at radius 1 is 1.56 bits per heavy atom. The van der Waals surface area contributed by atoms with Gasteiger partial charge in [-0.3, -0.25) is 0 Å². The van der Waals surface area contributed by atoms with Crippen LogP contribution < -0.4 is 16.1 Å². The summed E-state index contributed by atoms with van der Waals surface area (Å²) in [5, 5.41) is 3.85. The smallest absolute Gasteiger partial charge is 0.218 e. The first-order chi connectivity index (χ1) is 4.18. The van der Waals surface area contributed by atoms with Gasteiger partial charge in [-0.25, -0.2) is 0 Å². The van der Waals surface area contributed by atoms with Crippen molar-refractivity contribution in [2.45, 2.75) is 0 Å². The Kier molecular flexibility index (Phi) is 1.22. The highest BCUT2D eigenvalue weighted by molar-refractivity contribution is 5.41. The van der Waals surface area contributed by atoms with Gasteiger partial charge in [0.1, 0.15) is 5.69 Å². The standard InChI is InChI=1S/C5H9N4/c1-9-3-4(6)2-5(7)8-9/h2-3H,1H3,(H4,6,7,8)/q+1. The lowest BCUT2D eigenvalue weighted by atomic mass is 10.5. The highest BCUT2D eigenvalue weighted by atomic mass is 15.3. The largest absolute Gasteiger partial charge is 0.394 e. The van der Waals surface area contributed by atoms with Crippen molar-refractivity contribution < 1.29 is 4.68 Å². The molecular weight excluding hydrogens is 116 g/mol. The highest BCUT2D eigenvalue weighted by Gasteiger charge is 1.97. The first kappa shape index (κ1) is 5.81. The lowest BCUT2D eigenvalue weighted by Gasteiger charge is -1.89. The van der Waals surface area contributed by atoms with Crippen LogP contribution in [0.1, 0.15) is 0 Å². The molecular formula is C5H9N4+. The Labute approximate surface area is 53.1 Å². The fourth-order valence-corrected chi connectivity index (χ4v) is 0.664. The van der Waals surface area contributed by atoms with Crippen LogP contribution in [0.2, 0.25) is 0 Å². The molecule has 1 heterocycles. The van der Waals surface area contributed by atoms with E-state index < -0.39 is 0 Å². The van der Waals surface area contributed by atoms with Crippen LogP contribution in [0.4, 0.5) is 11.5 Å². The van der Waals surface area contributed by atoms with Crippen LogP contribution in [0.3, 0.4) is 0 Å². The van der Waals surface area contributed by atoms with Crippen molar-refractivity contribution in [3.05, 3.63) is 12.3 Å². The molecule has 0 atom stereocenters. The lowest BCUT2D eigenvalue weighted by molar-refractivity contribution is -0.729. The summed E-state index contributed by atoms with van der Waals surface area (Å²) in [6.45, 7) is 0. The maximum absolute atomic E-state index is 5.42. The van der Waals surface area contributed by atoms with Gasteiger partial charge in [-0.1, -0.05) is 4.68 Å². The molecule has 0 aliphatic rings. The van der Waals surface area contributed by atoms with E-state index in [2.05, 4.69) is 5.10 Å². The first-order valence-electron chi connectivity index (χ1n) is 2.57. The molecule has 0 unspecified atom stereocenters. The van der Waals surface area contributed by atoms with Crippen LogP contribution in [0.25, 0.3) is 0 Å². The van der Waals surface area contributed by atoms with E-state index in [1.807, 2.05) is 0 Å². The molecule has 0 bridgehead atoms. The van der Waals surface area contributed by atoms with Crippen molar-refractivity contribution in [1.82, 2.24) is 5.10 Å². The van der Waals surface area contributed by atoms with Gasteiger partial charge in [0.05, 0.1) is 0 Å². The van der Waals surface area contributed by atoms with Crippen LogP contribution >= 0.6 is 0 Å². The minimum atomic E-state index is 0.442. The third kappa shape index (κ3) is 1.28. The number of hydrogen-bond donors (Lipinski definition) is 2. The molecule has 0 radical (unpaired) electrons. The van der Waals surface area contributed by atoms with E-state index in [0.717, 1.165) is 0 Å². The number of anilines is 2. The van der Waals surface area contributed by atoms with E-state index in [0.29, 0.717) is 11.5 Å². The fraction of sp³-hybridized carbons (Fsp3) is 0.200. The van der Waals surface area contributed by atoms with Gasteiger partial charge in [0.25, 0.3) is 0 Å². The van der Waals surface area contributed by atoms with E-state index in [4.69, 9.17) is 11.5 Å². The van der Waals surface area contributed by atoms with Crippen molar-refractivity contribution in [3.8, 4) is 0 Å². The summed E-state index contributed by atoms with van der Waals surface area (Å²) in [7, 11) is 1.77. The third-order valence-electron chi connectivity index (χ3n) is 0.924.